The van der Waals surface area contributed by atoms with Crippen molar-refractivity contribution in [1.29, 1.82) is 0 Å². The van der Waals surface area contributed by atoms with Crippen molar-refractivity contribution >= 4 is 87.7 Å². The summed E-state index contributed by atoms with van der Waals surface area (Å²) in [5.41, 5.74) is 10.3. The first-order valence-corrected chi connectivity index (χ1v) is 38.4. The van der Waals surface area contributed by atoms with Gasteiger partial charge in [0.05, 0.1) is 105 Å². The molecule has 0 fully saturated rings. The summed E-state index contributed by atoms with van der Waals surface area (Å²) in [5, 5.41) is 0.555. The zero-order valence-corrected chi connectivity index (χ0v) is 71.9. The van der Waals surface area contributed by atoms with Crippen LogP contribution >= 0.6 is 27.5 Å². The van der Waals surface area contributed by atoms with Crippen molar-refractivity contribution < 1.29 is 51.8 Å². The molecule has 0 aliphatic carbocycles. The van der Waals surface area contributed by atoms with E-state index in [4.69, 9.17) is 59.0 Å². The van der Waals surface area contributed by atoms with Gasteiger partial charge in [0.15, 0.2) is 69.1 Å². The molecule has 10 aromatic carbocycles. The fraction of sp³-hybridized carbons (Fsp3) is 0.286. The third kappa shape index (κ3) is 28.8. The lowest BCUT2D eigenvalue weighted by Crippen LogP contribution is -2.14. The van der Waals surface area contributed by atoms with Crippen molar-refractivity contribution in [3.8, 4) is 86.2 Å². The highest BCUT2D eigenvalue weighted by molar-refractivity contribution is 9.10. The van der Waals surface area contributed by atoms with Crippen LogP contribution in [0.1, 0.15) is 68.0 Å². The van der Waals surface area contributed by atoms with Gasteiger partial charge in [-0.1, -0.05) is 84.4 Å². The SMILES string of the molecule is CCN(C)C=Nc1cc(OC)c(Oc2ccccc2)cc1C.CCN(C)C=Nc1cc(OC)c(Oc2ccccc2Br)cc1C.CCN(C)C=Nc1cc(OC)c(Oc2ccccc2C)cc1C.CCN(C)C=Nc1cc(OC)c(Oc2ccccc2Cl)cc1C.CCN(C)C=Nc1cc(OC)c(Oc2ccccc2F)cc1C. The van der Waals surface area contributed by atoms with Gasteiger partial charge in [0.1, 0.15) is 23.0 Å². The fourth-order valence-corrected chi connectivity index (χ4v) is 10.2. The molecule has 114 heavy (non-hydrogen) atoms. The average molecular weight is 1640 g/mol. The molecule has 10 rings (SSSR count). The van der Waals surface area contributed by atoms with Gasteiger partial charge in [-0.25, -0.2) is 29.4 Å². The number of halogens is 3. The van der Waals surface area contributed by atoms with Crippen molar-refractivity contribution in [1.82, 2.24) is 24.5 Å². The molecule has 0 aromatic heterocycles. The Labute approximate surface area is 687 Å². The number of ether oxygens (including phenoxy) is 10. The van der Waals surface area contributed by atoms with Crippen molar-refractivity contribution in [2.24, 2.45) is 25.0 Å². The number of nitrogens with zero attached hydrogens (tertiary/aromatic N) is 10. The predicted molar refractivity (Wildman–Crippen MR) is 471 cm³/mol. The van der Waals surface area contributed by atoms with Gasteiger partial charge >= 0.3 is 0 Å². The number of methoxy groups -OCH3 is 5. The molecule has 0 unspecified atom stereocenters. The Morgan fingerprint density at radius 2 is 0.561 bits per heavy atom. The lowest BCUT2D eigenvalue weighted by atomic mass is 10.1. The summed E-state index contributed by atoms with van der Waals surface area (Å²) < 4.78 is 71.2. The van der Waals surface area contributed by atoms with Gasteiger partial charge in [-0.15, -0.1) is 0 Å². The zero-order chi connectivity index (χ0) is 83.2. The quantitative estimate of drug-likeness (QED) is 0.0307. The van der Waals surface area contributed by atoms with Crippen LogP contribution in [0, 0.1) is 47.4 Å². The number of hydrogen-bond donors (Lipinski definition) is 0. The Balaban J connectivity index is 0.000000222. The molecule has 10 aromatic rings. The number of aryl methyl sites for hydroxylation is 6. The molecule has 20 nitrogen and oxygen atoms in total. The number of benzene rings is 10. The maximum atomic E-state index is 13.7. The van der Waals surface area contributed by atoms with Crippen LogP contribution in [0.4, 0.5) is 32.8 Å². The molecule has 0 heterocycles. The van der Waals surface area contributed by atoms with Crippen LogP contribution in [0.2, 0.25) is 5.02 Å². The number of rotatable bonds is 30. The maximum Gasteiger partial charge on any atom is 0.169 e. The Morgan fingerprint density at radius 3 is 0.877 bits per heavy atom. The molecular weight excluding hydrogens is 1530 g/mol. The minimum Gasteiger partial charge on any atom is -0.493 e. The summed E-state index contributed by atoms with van der Waals surface area (Å²) in [6.45, 7) is 26.8. The summed E-state index contributed by atoms with van der Waals surface area (Å²) >= 11 is 9.63. The highest BCUT2D eigenvalue weighted by Gasteiger charge is 2.18. The van der Waals surface area contributed by atoms with Crippen molar-refractivity contribution in [2.75, 3.05) is 104 Å². The molecule has 604 valence electrons. The predicted octanol–water partition coefficient (Wildman–Crippen LogP) is 23.9. The van der Waals surface area contributed by atoms with E-state index >= 15 is 0 Å². The van der Waals surface area contributed by atoms with E-state index in [-0.39, 0.29) is 5.75 Å². The summed E-state index contributed by atoms with van der Waals surface area (Å²) in [7, 11) is 17.9. The first-order valence-electron chi connectivity index (χ1n) is 37.2. The second-order valence-electron chi connectivity index (χ2n) is 25.9. The molecule has 0 atom stereocenters. The molecule has 0 spiro atoms. The Bertz CT molecular complexity index is 4350. The standard InChI is InChI=1S/C19H24N2O2.C18H21BrN2O2.C18H21ClN2O2.C18H21FN2O2.C18H22N2O2/c1-6-21(4)13-20-16-12-18(22-5)19(11-15(16)3)23-17-10-8-7-9-14(17)2;3*1-5-21(3)12-20-15-11-17(22-4)18(10-13(15)2)23-16-9-7-6-8-14(16)19;1-5-20(3)13-19-16-12-17(21-4)18(11-14(16)2)22-15-9-7-6-8-10-15/h7-13H,6H2,1-5H3;3*6-12H,5H2,1-4H3;6-13H,5H2,1-4H3. The van der Waals surface area contributed by atoms with Crippen molar-refractivity contribution in [3.63, 3.8) is 0 Å². The first-order chi connectivity index (χ1) is 54.8. The Morgan fingerprint density at radius 1 is 0.298 bits per heavy atom. The minimum absolute atomic E-state index is 0.159. The average Bonchev–Trinajstić information content (AvgIpc) is 0.851. The second-order valence-corrected chi connectivity index (χ2v) is 27.2. The van der Waals surface area contributed by atoms with Gasteiger partial charge in [0, 0.05) is 98.3 Å². The highest BCUT2D eigenvalue weighted by Crippen LogP contribution is 2.44. The molecule has 23 heteroatoms. The topological polar surface area (TPSA) is 170 Å². The smallest absolute Gasteiger partial charge is 0.169 e. The zero-order valence-electron chi connectivity index (χ0n) is 69.5. The molecule has 0 saturated heterocycles. The van der Waals surface area contributed by atoms with Gasteiger partial charge in [0.25, 0.3) is 0 Å². The molecular formula is C91H109BrClFN10O10. The molecule has 0 aliphatic heterocycles. The van der Waals surface area contributed by atoms with Crippen LogP contribution in [0.25, 0.3) is 0 Å². The van der Waals surface area contributed by atoms with Crippen molar-refractivity contribution in [2.45, 2.75) is 76.2 Å². The number of hydrogen-bond acceptors (Lipinski definition) is 15. The largest absolute Gasteiger partial charge is 0.493 e. The minimum atomic E-state index is -0.418. The second kappa shape index (κ2) is 47.6. The summed E-state index contributed by atoms with van der Waals surface area (Å²) in [6, 6.07) is 57.8. The molecule has 0 saturated carbocycles. The molecule has 0 aliphatic rings. The molecule has 0 radical (unpaired) electrons. The van der Waals surface area contributed by atoms with Crippen molar-refractivity contribution in [3.05, 3.63) is 237 Å². The lowest BCUT2D eigenvalue weighted by molar-refractivity contribution is 0.371. The maximum absolute atomic E-state index is 13.7. The van der Waals surface area contributed by atoms with Crippen LogP contribution in [-0.2, 0) is 0 Å². The van der Waals surface area contributed by atoms with Crippen LogP contribution < -0.4 is 47.4 Å². The van der Waals surface area contributed by atoms with Gasteiger partial charge in [-0.05, 0) is 210 Å². The van der Waals surface area contributed by atoms with E-state index in [0.717, 1.165) is 116 Å². The Hall–Kier alpha value is -11.8. The third-order valence-electron chi connectivity index (χ3n) is 17.3. The van der Waals surface area contributed by atoms with E-state index in [0.29, 0.717) is 68.3 Å². The molecule has 0 bridgehead atoms. The van der Waals surface area contributed by atoms with E-state index in [2.05, 4.69) is 68.6 Å². The van der Waals surface area contributed by atoms with Crippen LogP contribution in [-0.4, -0.2) is 160 Å². The van der Waals surface area contributed by atoms with Gasteiger partial charge in [0.2, 0.25) is 0 Å². The fourth-order valence-electron chi connectivity index (χ4n) is 9.70. The first kappa shape index (κ1) is 91.1. The van der Waals surface area contributed by atoms with Gasteiger partial charge in [-0.2, -0.15) is 0 Å². The highest BCUT2D eigenvalue weighted by atomic mass is 79.9. The van der Waals surface area contributed by atoms with E-state index < -0.39 is 5.82 Å². The summed E-state index contributed by atoms with van der Waals surface area (Å²) in [6.07, 6.45) is 9.02. The van der Waals surface area contributed by atoms with Gasteiger partial charge < -0.3 is 71.9 Å². The lowest BCUT2D eigenvalue weighted by Gasteiger charge is -2.14. The van der Waals surface area contributed by atoms with E-state index in [1.54, 1.807) is 84.6 Å². The Kier molecular flexibility index (Phi) is 38.0. The monoisotopic (exact) mass is 1630 g/mol. The van der Waals surface area contributed by atoms with E-state index in [9.17, 15) is 4.39 Å². The van der Waals surface area contributed by atoms with Crippen LogP contribution in [0.5, 0.6) is 86.2 Å². The molecule has 0 N–H and O–H groups in total. The van der Waals surface area contributed by atoms with E-state index in [1.165, 1.54) is 6.07 Å². The van der Waals surface area contributed by atoms with Crippen LogP contribution in [0.15, 0.2) is 217 Å². The number of para-hydroxylation sites is 5. The van der Waals surface area contributed by atoms with Crippen LogP contribution in [0.3, 0.4) is 0 Å². The molecule has 0 amide bonds. The van der Waals surface area contributed by atoms with E-state index in [1.807, 2.05) is 273 Å². The number of aliphatic imine (C=N–C) groups is 5. The summed E-state index contributed by atoms with van der Waals surface area (Å²) in [4.78, 5) is 32.5. The third-order valence-corrected chi connectivity index (χ3v) is 18.3. The summed E-state index contributed by atoms with van der Waals surface area (Å²) in [5.74, 6) is 8.91. The van der Waals surface area contributed by atoms with Gasteiger partial charge in [-0.3, -0.25) is 0 Å². The normalized spacial score (nSPS) is 10.8.